The number of alkyl halides is 2. The van der Waals surface area contributed by atoms with Gasteiger partial charge in [-0.25, -0.2) is 9.07 Å². The molecule has 4 aromatic rings. The molecule has 0 unspecified atom stereocenters. The second-order valence-corrected chi connectivity index (χ2v) is 10.2. The number of halogens is 3. The van der Waals surface area contributed by atoms with Gasteiger partial charge in [0.15, 0.2) is 5.78 Å². The normalized spacial score (nSPS) is 11.9. The molecule has 1 aromatic heterocycles. The molecular weight excluding hydrogens is 481 g/mol. The number of hydrogen-bond donors (Lipinski definition) is 0. The predicted octanol–water partition coefficient (Wildman–Crippen LogP) is 8.10. The molecule has 4 rings (SSSR count). The third-order valence-corrected chi connectivity index (χ3v) is 6.82. The van der Waals surface area contributed by atoms with E-state index >= 15 is 0 Å². The van der Waals surface area contributed by atoms with Gasteiger partial charge in [-0.15, -0.1) is 6.58 Å². The van der Waals surface area contributed by atoms with Crippen molar-refractivity contribution in [3.05, 3.63) is 115 Å². The van der Waals surface area contributed by atoms with Crippen LogP contribution in [-0.2, 0) is 5.41 Å². The summed E-state index contributed by atoms with van der Waals surface area (Å²) in [5.74, 6) is -0.624. The lowest BCUT2D eigenvalue weighted by atomic mass is 9.77. The van der Waals surface area contributed by atoms with Gasteiger partial charge in [-0.05, 0) is 67.9 Å². The summed E-state index contributed by atoms with van der Waals surface area (Å²) in [6.45, 7) is 6.91. The smallest absolute Gasteiger partial charge is 0.293 e. The van der Waals surface area contributed by atoms with Crippen molar-refractivity contribution in [3.63, 3.8) is 0 Å². The van der Waals surface area contributed by atoms with E-state index in [1.54, 1.807) is 61.1 Å². The molecule has 1 heterocycles. The monoisotopic (exact) mass is 506 g/mol. The van der Waals surface area contributed by atoms with Gasteiger partial charge < -0.3 is 0 Å². The summed E-state index contributed by atoms with van der Waals surface area (Å²) >= 11 is 0.443. The average Bonchev–Trinajstić information content (AvgIpc) is 3.29. The first-order valence-corrected chi connectivity index (χ1v) is 12.2. The maximum absolute atomic E-state index is 14.2. The largest absolute Gasteiger partial charge is 0.301 e. The Labute approximate surface area is 212 Å². The van der Waals surface area contributed by atoms with Crippen LogP contribution in [0.25, 0.3) is 16.9 Å². The molecule has 0 aliphatic rings. The van der Waals surface area contributed by atoms with Gasteiger partial charge in [-0.2, -0.15) is 13.9 Å². The van der Waals surface area contributed by atoms with E-state index in [1.807, 2.05) is 30.3 Å². The van der Waals surface area contributed by atoms with Gasteiger partial charge in [-0.3, -0.25) is 4.79 Å². The summed E-state index contributed by atoms with van der Waals surface area (Å²) in [6.07, 6.45) is 2.39. The average molecular weight is 507 g/mol. The first-order chi connectivity index (χ1) is 17.1. The molecule has 36 heavy (non-hydrogen) atoms. The number of allylic oxidation sites excluding steroid dienone is 1. The molecule has 0 saturated heterocycles. The van der Waals surface area contributed by atoms with E-state index < -0.39 is 22.9 Å². The Kier molecular flexibility index (Phi) is 7.22. The van der Waals surface area contributed by atoms with Crippen LogP contribution in [0.2, 0.25) is 0 Å². The molecule has 0 radical (unpaired) electrons. The van der Waals surface area contributed by atoms with Crippen molar-refractivity contribution in [2.24, 2.45) is 0 Å². The molecular formula is C29H25F3N2OS. The number of carbonyl (C=O) groups excluding carboxylic acids is 1. The molecule has 0 saturated carbocycles. The molecule has 7 heteroatoms. The highest BCUT2D eigenvalue weighted by Gasteiger charge is 2.35. The standard InChI is InChI=1S/C29H25F3N2OS/c1-4-17-29(31,32)36-24-12-8-9-21(18-24)28(2,3)27(35)25-19-34(23-10-6-5-7-11-23)33-26(25)20-13-15-22(30)16-14-20/h4-16,18-19H,1,17H2,2-3H3. The van der Waals surface area contributed by atoms with Crippen molar-refractivity contribution in [1.29, 1.82) is 0 Å². The third-order valence-electron chi connectivity index (χ3n) is 5.87. The Morgan fingerprint density at radius 1 is 1.03 bits per heavy atom. The fourth-order valence-electron chi connectivity index (χ4n) is 3.87. The van der Waals surface area contributed by atoms with E-state index in [9.17, 15) is 18.0 Å². The lowest BCUT2D eigenvalue weighted by Crippen LogP contribution is -2.29. The molecule has 0 atom stereocenters. The molecule has 0 bridgehead atoms. The van der Waals surface area contributed by atoms with Crippen LogP contribution in [0.1, 0.15) is 36.2 Å². The van der Waals surface area contributed by atoms with E-state index in [0.29, 0.717) is 39.0 Å². The van der Waals surface area contributed by atoms with E-state index in [1.165, 1.54) is 18.2 Å². The molecule has 184 valence electrons. The highest BCUT2D eigenvalue weighted by molar-refractivity contribution is 8.00. The minimum Gasteiger partial charge on any atom is -0.293 e. The van der Waals surface area contributed by atoms with Crippen molar-refractivity contribution in [2.75, 3.05) is 0 Å². The van der Waals surface area contributed by atoms with Crippen molar-refractivity contribution < 1.29 is 18.0 Å². The quantitative estimate of drug-likeness (QED) is 0.131. The molecule has 0 amide bonds. The Balaban J connectivity index is 1.76. The zero-order valence-electron chi connectivity index (χ0n) is 19.9. The van der Waals surface area contributed by atoms with Crippen LogP contribution < -0.4 is 0 Å². The molecule has 0 aliphatic carbocycles. The number of thioether (sulfide) groups is 1. The summed E-state index contributed by atoms with van der Waals surface area (Å²) in [7, 11) is 0. The molecule has 0 aliphatic heterocycles. The number of para-hydroxylation sites is 1. The summed E-state index contributed by atoms with van der Waals surface area (Å²) in [4.78, 5) is 14.3. The highest BCUT2D eigenvalue weighted by Crippen LogP contribution is 2.41. The minimum absolute atomic E-state index is 0.232. The molecule has 0 N–H and O–H groups in total. The van der Waals surface area contributed by atoms with Crippen LogP contribution in [0.15, 0.2) is 103 Å². The molecule has 0 fully saturated rings. The SMILES string of the molecule is C=CCC(F)(F)Sc1cccc(C(C)(C)C(=O)c2cn(-c3ccccc3)nc2-c2ccc(F)cc2)c1. The number of nitrogens with zero attached hydrogens (tertiary/aromatic N) is 2. The first kappa shape index (κ1) is 25.5. The predicted molar refractivity (Wildman–Crippen MR) is 138 cm³/mol. The van der Waals surface area contributed by atoms with Crippen LogP contribution >= 0.6 is 11.8 Å². The number of rotatable bonds is 9. The lowest BCUT2D eigenvalue weighted by Gasteiger charge is -2.25. The third kappa shape index (κ3) is 5.46. The van der Waals surface area contributed by atoms with Gasteiger partial charge in [0.1, 0.15) is 11.5 Å². The Morgan fingerprint density at radius 3 is 2.39 bits per heavy atom. The number of hydrogen-bond acceptors (Lipinski definition) is 3. The van der Waals surface area contributed by atoms with Crippen LogP contribution in [0.5, 0.6) is 0 Å². The number of Topliss-reactive ketones (excluding diaryl/α,β-unsaturated/α-hetero) is 1. The van der Waals surface area contributed by atoms with E-state index in [-0.39, 0.29) is 5.78 Å². The van der Waals surface area contributed by atoms with Crippen molar-refractivity contribution in [3.8, 4) is 16.9 Å². The Hall–Kier alpha value is -3.58. The maximum Gasteiger partial charge on any atom is 0.301 e. The number of benzene rings is 3. The highest BCUT2D eigenvalue weighted by atomic mass is 32.2. The fraction of sp³-hybridized carbons (Fsp3) is 0.172. The van der Waals surface area contributed by atoms with Gasteiger partial charge in [0.05, 0.1) is 16.7 Å². The summed E-state index contributed by atoms with van der Waals surface area (Å²) in [6, 6.07) is 21.8. The van der Waals surface area contributed by atoms with Crippen LogP contribution in [0, 0.1) is 5.82 Å². The Morgan fingerprint density at radius 2 is 1.72 bits per heavy atom. The van der Waals surface area contributed by atoms with E-state index in [4.69, 9.17) is 0 Å². The van der Waals surface area contributed by atoms with Crippen LogP contribution in [0.3, 0.4) is 0 Å². The van der Waals surface area contributed by atoms with Gasteiger partial charge in [0, 0.05) is 23.1 Å². The second-order valence-electron chi connectivity index (χ2n) is 8.89. The van der Waals surface area contributed by atoms with Gasteiger partial charge >= 0.3 is 5.25 Å². The topological polar surface area (TPSA) is 34.9 Å². The van der Waals surface area contributed by atoms with E-state index in [2.05, 4.69) is 11.7 Å². The molecule has 0 spiro atoms. The van der Waals surface area contributed by atoms with Crippen LogP contribution in [0.4, 0.5) is 13.2 Å². The number of aromatic nitrogens is 2. The number of ketones is 1. The molecule has 3 nitrogen and oxygen atoms in total. The molecule has 3 aromatic carbocycles. The van der Waals surface area contributed by atoms with Crippen LogP contribution in [-0.4, -0.2) is 20.8 Å². The van der Waals surface area contributed by atoms with Crippen molar-refractivity contribution in [1.82, 2.24) is 9.78 Å². The van der Waals surface area contributed by atoms with Gasteiger partial charge in [0.2, 0.25) is 0 Å². The van der Waals surface area contributed by atoms with Gasteiger partial charge in [-0.1, -0.05) is 48.2 Å². The Bertz CT molecular complexity index is 1380. The zero-order valence-corrected chi connectivity index (χ0v) is 20.7. The van der Waals surface area contributed by atoms with Gasteiger partial charge in [0.25, 0.3) is 0 Å². The zero-order chi connectivity index (χ0) is 25.9. The first-order valence-electron chi connectivity index (χ1n) is 11.3. The minimum atomic E-state index is -3.00. The summed E-state index contributed by atoms with van der Waals surface area (Å²) in [5.41, 5.74) is 1.68. The van der Waals surface area contributed by atoms with Crippen molar-refractivity contribution >= 4 is 17.5 Å². The number of carbonyl (C=O) groups is 1. The van der Waals surface area contributed by atoms with Crippen molar-refractivity contribution in [2.45, 2.75) is 35.8 Å². The summed E-state index contributed by atoms with van der Waals surface area (Å²) in [5, 5.41) is 1.66. The summed E-state index contributed by atoms with van der Waals surface area (Å²) < 4.78 is 43.6. The fourth-order valence-corrected chi connectivity index (χ4v) is 4.75. The second kappa shape index (κ2) is 10.2. The lowest BCUT2D eigenvalue weighted by molar-refractivity contribution is 0.0909. The maximum atomic E-state index is 14.2. The van der Waals surface area contributed by atoms with E-state index in [0.717, 1.165) is 5.69 Å².